The Kier molecular flexibility index (Phi) is 3.00. The molecule has 4 aromatic rings. The maximum absolute atomic E-state index is 12.6. The van der Waals surface area contributed by atoms with Crippen LogP contribution in [0.25, 0.3) is 22.2 Å². The summed E-state index contributed by atoms with van der Waals surface area (Å²) >= 11 is 0. The molecule has 1 aliphatic heterocycles. The van der Waals surface area contributed by atoms with Crippen molar-refractivity contribution in [1.82, 2.24) is 9.55 Å². The van der Waals surface area contributed by atoms with Gasteiger partial charge in [0.2, 0.25) is 5.91 Å². The number of aromatic nitrogens is 2. The Bertz CT molecular complexity index is 1090. The van der Waals surface area contributed by atoms with Crippen molar-refractivity contribution < 1.29 is 9.21 Å². The van der Waals surface area contributed by atoms with Crippen LogP contribution in [0.4, 0.5) is 5.69 Å². The Morgan fingerprint density at radius 2 is 2.12 bits per heavy atom. The molecule has 0 fully saturated rings. The molecule has 2 aromatic carbocycles. The van der Waals surface area contributed by atoms with Gasteiger partial charge in [0.25, 0.3) is 0 Å². The van der Waals surface area contributed by atoms with Crippen LogP contribution in [-0.4, -0.2) is 15.5 Å². The number of hydrogen-bond donors (Lipinski definition) is 1. The van der Waals surface area contributed by atoms with Gasteiger partial charge in [-0.2, -0.15) is 0 Å². The quantitative estimate of drug-likeness (QED) is 0.612. The van der Waals surface area contributed by atoms with E-state index in [1.165, 1.54) is 0 Å². The number of furan rings is 1. The number of nitrogens with one attached hydrogen (secondary N) is 1. The zero-order chi connectivity index (χ0) is 16.8. The van der Waals surface area contributed by atoms with E-state index in [0.717, 1.165) is 33.5 Å². The number of carbonyl (C=O) groups excluding carboxylic acids is 1. The second kappa shape index (κ2) is 5.34. The summed E-state index contributed by atoms with van der Waals surface area (Å²) in [6.07, 6.45) is 5.65. The Balaban J connectivity index is 1.41. The number of anilines is 1. The van der Waals surface area contributed by atoms with Crippen LogP contribution in [0.15, 0.2) is 71.7 Å². The minimum absolute atomic E-state index is 0.0268. The van der Waals surface area contributed by atoms with Crippen LogP contribution in [0, 0.1) is 0 Å². The van der Waals surface area contributed by atoms with Crippen molar-refractivity contribution in [2.75, 3.05) is 5.32 Å². The second-order valence-corrected chi connectivity index (χ2v) is 6.21. The van der Waals surface area contributed by atoms with Gasteiger partial charge in [-0.3, -0.25) is 4.79 Å². The monoisotopic (exact) mass is 329 g/mol. The average Bonchev–Trinajstić information content (AvgIpc) is 3.32. The molecule has 1 aliphatic rings. The molecular formula is C20H15N3O2. The van der Waals surface area contributed by atoms with E-state index in [0.29, 0.717) is 6.42 Å². The Labute approximate surface area is 143 Å². The molecule has 1 N–H and O–H groups in total. The van der Waals surface area contributed by atoms with Crippen molar-refractivity contribution in [1.29, 1.82) is 0 Å². The maximum Gasteiger partial charge on any atom is 0.226 e. The van der Waals surface area contributed by atoms with E-state index in [1.807, 2.05) is 42.6 Å². The van der Waals surface area contributed by atoms with Gasteiger partial charge in [0.1, 0.15) is 5.58 Å². The minimum Gasteiger partial charge on any atom is -0.464 e. The number of nitrogens with zero attached hydrogens (tertiary/aromatic N) is 2. The first kappa shape index (κ1) is 14.0. The number of fused-ring (bicyclic) bond motifs is 4. The summed E-state index contributed by atoms with van der Waals surface area (Å²) in [5.41, 5.74) is 4.88. The van der Waals surface area contributed by atoms with Gasteiger partial charge in [0, 0.05) is 22.7 Å². The number of rotatable bonds is 3. The summed E-state index contributed by atoms with van der Waals surface area (Å²) in [5.74, 6) is -0.0349. The summed E-state index contributed by atoms with van der Waals surface area (Å²) in [5, 5.41) is 3.99. The largest absolute Gasteiger partial charge is 0.464 e. The third-order valence-electron chi connectivity index (χ3n) is 4.72. The van der Waals surface area contributed by atoms with Crippen LogP contribution < -0.4 is 5.32 Å². The van der Waals surface area contributed by atoms with Gasteiger partial charge >= 0.3 is 0 Å². The fourth-order valence-electron chi connectivity index (χ4n) is 3.56. The predicted molar refractivity (Wildman–Crippen MR) is 95.3 cm³/mol. The summed E-state index contributed by atoms with van der Waals surface area (Å²) in [7, 11) is 0. The molecule has 0 radical (unpaired) electrons. The van der Waals surface area contributed by atoms with E-state index in [9.17, 15) is 4.79 Å². The van der Waals surface area contributed by atoms with Crippen LogP contribution >= 0.6 is 0 Å². The molecule has 5 heteroatoms. The summed E-state index contributed by atoms with van der Waals surface area (Å²) in [6, 6.07) is 15.7. The molecule has 0 bridgehead atoms. The molecule has 5 rings (SSSR count). The number of imidazole rings is 1. The van der Waals surface area contributed by atoms with E-state index in [1.54, 1.807) is 12.6 Å². The van der Waals surface area contributed by atoms with Crippen molar-refractivity contribution in [3.05, 3.63) is 72.9 Å². The SMILES string of the molecule is O=C(CC1c2ccccc2-c2cncn21)Nc1ccc2ccoc2c1. The van der Waals surface area contributed by atoms with Crippen LogP contribution in [0.3, 0.4) is 0 Å². The van der Waals surface area contributed by atoms with Crippen molar-refractivity contribution in [2.24, 2.45) is 0 Å². The lowest BCUT2D eigenvalue weighted by atomic mass is 10.0. The lowest BCUT2D eigenvalue weighted by molar-refractivity contribution is -0.116. The lowest BCUT2D eigenvalue weighted by Gasteiger charge is -2.14. The van der Waals surface area contributed by atoms with Crippen molar-refractivity contribution in [2.45, 2.75) is 12.5 Å². The second-order valence-electron chi connectivity index (χ2n) is 6.21. The molecule has 0 spiro atoms. The van der Waals surface area contributed by atoms with Crippen molar-refractivity contribution in [3.63, 3.8) is 0 Å². The van der Waals surface area contributed by atoms with E-state index in [2.05, 4.69) is 27.0 Å². The molecule has 1 unspecified atom stereocenters. The highest BCUT2D eigenvalue weighted by Crippen LogP contribution is 2.40. The van der Waals surface area contributed by atoms with Gasteiger partial charge in [-0.15, -0.1) is 0 Å². The average molecular weight is 329 g/mol. The first-order valence-electron chi connectivity index (χ1n) is 8.18. The summed E-state index contributed by atoms with van der Waals surface area (Å²) in [4.78, 5) is 16.8. The van der Waals surface area contributed by atoms with Gasteiger partial charge in [-0.05, 0) is 23.8 Å². The van der Waals surface area contributed by atoms with Crippen molar-refractivity contribution in [3.8, 4) is 11.3 Å². The van der Waals surface area contributed by atoms with E-state index in [-0.39, 0.29) is 11.9 Å². The fraction of sp³-hybridized carbons (Fsp3) is 0.100. The fourth-order valence-corrected chi connectivity index (χ4v) is 3.56. The Hall–Kier alpha value is -3.34. The highest BCUT2D eigenvalue weighted by Gasteiger charge is 2.29. The third kappa shape index (κ3) is 2.24. The van der Waals surface area contributed by atoms with Crippen LogP contribution in [0.1, 0.15) is 18.0 Å². The summed E-state index contributed by atoms with van der Waals surface area (Å²) < 4.78 is 7.46. The first-order chi connectivity index (χ1) is 12.3. The van der Waals surface area contributed by atoms with Crippen molar-refractivity contribution >= 4 is 22.6 Å². The van der Waals surface area contributed by atoms with Crippen LogP contribution in [0.5, 0.6) is 0 Å². The minimum atomic E-state index is -0.0349. The van der Waals surface area contributed by atoms with Crippen LogP contribution in [-0.2, 0) is 4.79 Å². The van der Waals surface area contributed by atoms with Gasteiger partial charge in [-0.25, -0.2) is 4.98 Å². The highest BCUT2D eigenvalue weighted by molar-refractivity contribution is 5.94. The molecule has 1 amide bonds. The lowest BCUT2D eigenvalue weighted by Crippen LogP contribution is -2.18. The maximum atomic E-state index is 12.6. The number of benzene rings is 2. The third-order valence-corrected chi connectivity index (χ3v) is 4.72. The highest BCUT2D eigenvalue weighted by atomic mass is 16.3. The smallest absolute Gasteiger partial charge is 0.226 e. The van der Waals surface area contributed by atoms with Gasteiger partial charge in [-0.1, -0.05) is 24.3 Å². The molecule has 2 aromatic heterocycles. The molecular weight excluding hydrogens is 314 g/mol. The molecule has 0 aliphatic carbocycles. The zero-order valence-electron chi connectivity index (χ0n) is 13.3. The molecule has 0 saturated heterocycles. The summed E-state index contributed by atoms with van der Waals surface area (Å²) in [6.45, 7) is 0. The van der Waals surface area contributed by atoms with Gasteiger partial charge in [0.15, 0.2) is 0 Å². The van der Waals surface area contributed by atoms with Gasteiger partial charge < -0.3 is 14.3 Å². The molecule has 3 heterocycles. The van der Waals surface area contributed by atoms with E-state index >= 15 is 0 Å². The molecule has 5 nitrogen and oxygen atoms in total. The first-order valence-corrected chi connectivity index (χ1v) is 8.18. The van der Waals surface area contributed by atoms with Crippen LogP contribution in [0.2, 0.25) is 0 Å². The number of amides is 1. The molecule has 122 valence electrons. The predicted octanol–water partition coefficient (Wildman–Crippen LogP) is 4.23. The van der Waals surface area contributed by atoms with E-state index in [4.69, 9.17) is 4.42 Å². The number of hydrogen-bond acceptors (Lipinski definition) is 3. The standard InChI is InChI=1S/C20H15N3O2/c24-20(22-14-6-5-13-7-8-25-19(13)9-14)10-17-15-3-1-2-4-16(15)18-11-21-12-23(17)18/h1-9,11-12,17H,10H2,(H,22,24). The van der Waals surface area contributed by atoms with Gasteiger partial charge in [0.05, 0.1) is 36.9 Å². The Morgan fingerprint density at radius 3 is 3.08 bits per heavy atom. The molecule has 1 atom stereocenters. The zero-order valence-corrected chi connectivity index (χ0v) is 13.3. The molecule has 25 heavy (non-hydrogen) atoms. The normalized spacial score (nSPS) is 15.1. The topological polar surface area (TPSA) is 60.1 Å². The van der Waals surface area contributed by atoms with E-state index < -0.39 is 0 Å². The molecule has 0 saturated carbocycles. The number of carbonyl (C=O) groups is 1. The Morgan fingerprint density at radius 1 is 1.20 bits per heavy atom.